The van der Waals surface area contributed by atoms with Gasteiger partial charge in [-0.25, -0.2) is 9.50 Å². The van der Waals surface area contributed by atoms with Crippen LogP contribution in [0, 0.1) is 0 Å². The second kappa shape index (κ2) is 9.81. The fourth-order valence-corrected chi connectivity index (χ4v) is 6.15. The maximum Gasteiger partial charge on any atom is 0.236 e. The van der Waals surface area contributed by atoms with Crippen LogP contribution in [-0.4, -0.2) is 72.8 Å². The number of aromatic nitrogens is 5. The van der Waals surface area contributed by atoms with Crippen LogP contribution >= 0.6 is 0 Å². The van der Waals surface area contributed by atoms with Gasteiger partial charge in [-0.2, -0.15) is 10.2 Å². The number of likely N-dealkylation sites (tertiary alicyclic amines) is 2. The van der Waals surface area contributed by atoms with Crippen molar-refractivity contribution in [3.8, 4) is 11.1 Å². The lowest BCUT2D eigenvalue weighted by Crippen LogP contribution is -2.38. The van der Waals surface area contributed by atoms with Crippen LogP contribution in [0.25, 0.3) is 27.5 Å². The summed E-state index contributed by atoms with van der Waals surface area (Å²) in [5, 5.41) is 10.5. The molecule has 9 nitrogen and oxygen atoms in total. The fourth-order valence-electron chi connectivity index (χ4n) is 6.15. The van der Waals surface area contributed by atoms with Crippen molar-refractivity contribution in [2.45, 2.75) is 31.7 Å². The van der Waals surface area contributed by atoms with E-state index in [2.05, 4.69) is 57.6 Å². The summed E-state index contributed by atoms with van der Waals surface area (Å²) in [6, 6.07) is 18.9. The first-order valence-electron chi connectivity index (χ1n) is 13.8. The van der Waals surface area contributed by atoms with E-state index >= 15 is 0 Å². The zero-order valence-corrected chi connectivity index (χ0v) is 21.9. The molecule has 0 spiro atoms. The summed E-state index contributed by atoms with van der Waals surface area (Å²) in [6.07, 6.45) is 6.88. The molecule has 39 heavy (non-hydrogen) atoms. The molecule has 9 heteroatoms. The van der Waals surface area contributed by atoms with Crippen LogP contribution in [0.3, 0.4) is 0 Å². The number of carbonyl (C=O) groups excluding carboxylic acids is 1. The molecule has 1 unspecified atom stereocenters. The monoisotopic (exact) mass is 520 g/mol. The highest BCUT2D eigenvalue weighted by atomic mass is 16.2. The quantitative estimate of drug-likeness (QED) is 0.366. The summed E-state index contributed by atoms with van der Waals surface area (Å²) in [5.41, 5.74) is 12.4. The van der Waals surface area contributed by atoms with Gasteiger partial charge in [0.15, 0.2) is 5.82 Å². The molecule has 2 fully saturated rings. The highest BCUT2D eigenvalue weighted by Gasteiger charge is 2.31. The van der Waals surface area contributed by atoms with Crippen molar-refractivity contribution in [2.24, 2.45) is 0 Å². The molecule has 7 rings (SSSR count). The van der Waals surface area contributed by atoms with Gasteiger partial charge in [0.2, 0.25) is 5.91 Å². The van der Waals surface area contributed by atoms with Crippen LogP contribution in [0.5, 0.6) is 0 Å². The fraction of sp³-hybridized carbons (Fsp3) is 0.333. The summed E-state index contributed by atoms with van der Waals surface area (Å²) in [4.78, 5) is 21.6. The molecule has 2 aliphatic rings. The van der Waals surface area contributed by atoms with Crippen molar-refractivity contribution in [1.29, 1.82) is 0 Å². The van der Waals surface area contributed by atoms with Gasteiger partial charge in [-0.05, 0) is 55.6 Å². The molecule has 0 saturated carbocycles. The van der Waals surface area contributed by atoms with Crippen molar-refractivity contribution in [3.05, 3.63) is 78.4 Å². The largest absolute Gasteiger partial charge is 0.382 e. The third kappa shape index (κ3) is 4.52. The second-order valence-corrected chi connectivity index (χ2v) is 10.8. The molecule has 1 amide bonds. The third-order valence-corrected chi connectivity index (χ3v) is 8.18. The van der Waals surface area contributed by atoms with Gasteiger partial charge in [0, 0.05) is 41.8 Å². The molecule has 0 radical (unpaired) electrons. The Labute approximate surface area is 226 Å². The summed E-state index contributed by atoms with van der Waals surface area (Å²) in [5.74, 6) is 0.865. The number of hydrogen-bond acceptors (Lipinski definition) is 6. The molecule has 0 aliphatic carbocycles. The van der Waals surface area contributed by atoms with E-state index in [0.717, 1.165) is 65.8 Å². The van der Waals surface area contributed by atoms with E-state index in [4.69, 9.17) is 10.8 Å². The maximum atomic E-state index is 13.0. The zero-order valence-electron chi connectivity index (χ0n) is 21.9. The molecule has 0 bridgehead atoms. The van der Waals surface area contributed by atoms with Gasteiger partial charge >= 0.3 is 0 Å². The molecule has 2 aromatic carbocycles. The van der Waals surface area contributed by atoms with Crippen LogP contribution < -0.4 is 5.73 Å². The molecule has 5 heterocycles. The highest BCUT2D eigenvalue weighted by Crippen LogP contribution is 2.37. The Bertz CT molecular complexity index is 1650. The number of hydrogen-bond donors (Lipinski definition) is 1. The molecule has 2 saturated heterocycles. The molecule has 3 aromatic heterocycles. The van der Waals surface area contributed by atoms with E-state index < -0.39 is 0 Å². The SMILES string of the molecule is Nc1ncnn2c(C3CCN(C(=O)CN4CCCC4)C3)cc(-c3ccc4cn(Cc5ccccc5)nc4c3)c12. The van der Waals surface area contributed by atoms with Crippen LogP contribution in [0.1, 0.15) is 36.4 Å². The Morgan fingerprint density at radius 1 is 1.03 bits per heavy atom. The van der Waals surface area contributed by atoms with Crippen LogP contribution in [0.4, 0.5) is 5.82 Å². The van der Waals surface area contributed by atoms with Crippen molar-refractivity contribution in [2.75, 3.05) is 38.5 Å². The van der Waals surface area contributed by atoms with Crippen molar-refractivity contribution < 1.29 is 4.79 Å². The highest BCUT2D eigenvalue weighted by molar-refractivity contribution is 5.92. The maximum absolute atomic E-state index is 13.0. The average molecular weight is 521 g/mol. The lowest BCUT2D eigenvalue weighted by atomic mass is 10.0. The number of amides is 1. The van der Waals surface area contributed by atoms with E-state index in [1.165, 1.54) is 24.7 Å². The Morgan fingerprint density at radius 3 is 2.72 bits per heavy atom. The standard InChI is InChI=1S/C30H32N8O/c31-30-29-25(22-8-9-23-18-37(34-26(23)14-22)16-21-6-2-1-3-7-21)15-27(38(29)33-20-32-30)24-10-13-36(17-24)28(39)19-35-11-4-5-12-35/h1-3,6-9,14-15,18,20,24H,4-5,10-13,16-17,19H2,(H2,31,32,33). The van der Waals surface area contributed by atoms with E-state index in [1.807, 2.05) is 32.3 Å². The van der Waals surface area contributed by atoms with Gasteiger partial charge in [-0.3, -0.25) is 14.4 Å². The number of nitrogens with two attached hydrogens (primary N) is 1. The van der Waals surface area contributed by atoms with Crippen LogP contribution in [-0.2, 0) is 11.3 Å². The zero-order chi connectivity index (χ0) is 26.3. The number of rotatable bonds is 6. The minimum Gasteiger partial charge on any atom is -0.382 e. The van der Waals surface area contributed by atoms with E-state index in [9.17, 15) is 4.79 Å². The van der Waals surface area contributed by atoms with Gasteiger partial charge < -0.3 is 10.6 Å². The Balaban J connectivity index is 1.19. The van der Waals surface area contributed by atoms with Gasteiger partial charge in [0.1, 0.15) is 11.8 Å². The summed E-state index contributed by atoms with van der Waals surface area (Å²) >= 11 is 0. The molecule has 2 N–H and O–H groups in total. The van der Waals surface area contributed by atoms with E-state index in [-0.39, 0.29) is 11.8 Å². The number of anilines is 1. The van der Waals surface area contributed by atoms with Gasteiger partial charge in [0.05, 0.1) is 18.6 Å². The molecule has 5 aromatic rings. The van der Waals surface area contributed by atoms with E-state index in [1.54, 1.807) is 0 Å². The Morgan fingerprint density at radius 2 is 1.87 bits per heavy atom. The van der Waals surface area contributed by atoms with E-state index in [0.29, 0.717) is 18.9 Å². The number of nitrogens with zero attached hydrogens (tertiary/aromatic N) is 7. The average Bonchev–Trinajstić information content (AvgIpc) is 3.74. The molecule has 2 aliphatic heterocycles. The van der Waals surface area contributed by atoms with Crippen molar-refractivity contribution >= 4 is 28.1 Å². The first-order chi connectivity index (χ1) is 19.1. The van der Waals surface area contributed by atoms with Crippen molar-refractivity contribution in [1.82, 2.24) is 34.2 Å². The molecular weight excluding hydrogens is 488 g/mol. The van der Waals surface area contributed by atoms with Gasteiger partial charge in [-0.1, -0.05) is 42.5 Å². The number of fused-ring (bicyclic) bond motifs is 2. The topological polar surface area (TPSA) is 97.6 Å². The lowest BCUT2D eigenvalue weighted by molar-refractivity contribution is -0.131. The Hall–Kier alpha value is -4.24. The van der Waals surface area contributed by atoms with Crippen molar-refractivity contribution in [3.63, 3.8) is 0 Å². The number of benzene rings is 2. The second-order valence-electron chi connectivity index (χ2n) is 10.8. The molecular formula is C30H32N8O. The minimum absolute atomic E-state index is 0.192. The number of nitrogen functional groups attached to an aromatic ring is 1. The first kappa shape index (κ1) is 23.8. The molecule has 198 valence electrons. The summed E-state index contributed by atoms with van der Waals surface area (Å²) in [7, 11) is 0. The Kier molecular flexibility index (Phi) is 6.00. The van der Waals surface area contributed by atoms with Crippen LogP contribution in [0.2, 0.25) is 0 Å². The lowest BCUT2D eigenvalue weighted by Gasteiger charge is -2.20. The first-order valence-corrected chi connectivity index (χ1v) is 13.8. The normalized spacial score (nSPS) is 18.1. The smallest absolute Gasteiger partial charge is 0.236 e. The summed E-state index contributed by atoms with van der Waals surface area (Å²) in [6.45, 7) is 4.77. The third-order valence-electron chi connectivity index (χ3n) is 8.18. The predicted molar refractivity (Wildman–Crippen MR) is 151 cm³/mol. The molecule has 1 atom stereocenters. The van der Waals surface area contributed by atoms with Gasteiger partial charge in [0.25, 0.3) is 0 Å². The number of carbonyl (C=O) groups is 1. The van der Waals surface area contributed by atoms with Gasteiger partial charge in [-0.15, -0.1) is 0 Å². The predicted octanol–water partition coefficient (Wildman–Crippen LogP) is 3.79. The van der Waals surface area contributed by atoms with Crippen LogP contribution in [0.15, 0.2) is 67.1 Å². The minimum atomic E-state index is 0.192. The summed E-state index contributed by atoms with van der Waals surface area (Å²) < 4.78 is 3.91.